The Labute approximate surface area is 104 Å². The monoisotopic (exact) mass is 295 g/mol. The van der Waals surface area contributed by atoms with E-state index in [1.807, 2.05) is 0 Å². The summed E-state index contributed by atoms with van der Waals surface area (Å²) in [5, 5.41) is 0. The lowest BCUT2D eigenvalue weighted by atomic mass is 10.3. The second-order valence-electron chi connectivity index (χ2n) is 3.53. The third-order valence-electron chi connectivity index (χ3n) is 1.90. The SMILES string of the molecule is CC(=O)NS(=O)(=O)c1cc(S(C)(=O)=O)ccc1F. The first kappa shape index (κ1) is 14.6. The zero-order chi connectivity index (χ0) is 14.1. The Bertz CT molecular complexity index is 694. The van der Waals surface area contributed by atoms with Gasteiger partial charge in [-0.2, -0.15) is 0 Å². The molecule has 0 unspecified atom stereocenters. The Hall–Kier alpha value is -1.48. The molecule has 1 amide bonds. The molecular weight excluding hydrogens is 285 g/mol. The summed E-state index contributed by atoms with van der Waals surface area (Å²) >= 11 is 0. The number of amides is 1. The van der Waals surface area contributed by atoms with Crippen LogP contribution in [0.4, 0.5) is 4.39 Å². The number of carbonyl (C=O) groups excluding carboxylic acids is 1. The summed E-state index contributed by atoms with van der Waals surface area (Å²) in [7, 11) is -8.09. The van der Waals surface area contributed by atoms with Crippen LogP contribution in [-0.4, -0.2) is 29.0 Å². The van der Waals surface area contributed by atoms with Crippen molar-refractivity contribution in [3.8, 4) is 0 Å². The van der Waals surface area contributed by atoms with Crippen LogP contribution in [0.5, 0.6) is 0 Å². The zero-order valence-corrected chi connectivity index (χ0v) is 11.1. The number of carbonyl (C=O) groups is 1. The van der Waals surface area contributed by atoms with Crippen LogP contribution in [0.1, 0.15) is 6.92 Å². The fraction of sp³-hybridized carbons (Fsp3) is 0.222. The van der Waals surface area contributed by atoms with Crippen molar-refractivity contribution in [1.29, 1.82) is 0 Å². The zero-order valence-electron chi connectivity index (χ0n) is 9.47. The van der Waals surface area contributed by atoms with Crippen LogP contribution in [0.3, 0.4) is 0 Å². The van der Waals surface area contributed by atoms with Crippen LogP contribution in [0.25, 0.3) is 0 Å². The molecule has 0 saturated heterocycles. The van der Waals surface area contributed by atoms with Crippen molar-refractivity contribution < 1.29 is 26.0 Å². The Balaban J connectivity index is 3.46. The molecule has 1 N–H and O–H groups in total. The predicted octanol–water partition coefficient (Wildman–Crippen LogP) is 0.0540. The summed E-state index contributed by atoms with van der Waals surface area (Å²) in [6.07, 6.45) is 0.856. The van der Waals surface area contributed by atoms with Gasteiger partial charge in [-0.05, 0) is 18.2 Å². The number of hydrogen-bond donors (Lipinski definition) is 1. The smallest absolute Gasteiger partial charge is 0.267 e. The summed E-state index contributed by atoms with van der Waals surface area (Å²) in [5.74, 6) is -2.05. The number of sulfonamides is 1. The highest BCUT2D eigenvalue weighted by molar-refractivity contribution is 7.91. The molecule has 18 heavy (non-hydrogen) atoms. The minimum atomic E-state index is -4.41. The van der Waals surface area contributed by atoms with Gasteiger partial charge >= 0.3 is 0 Å². The van der Waals surface area contributed by atoms with Crippen LogP contribution in [0, 0.1) is 5.82 Å². The third-order valence-corrected chi connectivity index (χ3v) is 4.46. The van der Waals surface area contributed by atoms with Gasteiger partial charge in [-0.25, -0.2) is 25.9 Å². The fourth-order valence-corrected chi connectivity index (χ4v) is 2.98. The first-order valence-corrected chi connectivity index (χ1v) is 7.94. The van der Waals surface area contributed by atoms with Crippen molar-refractivity contribution in [3.05, 3.63) is 24.0 Å². The van der Waals surface area contributed by atoms with E-state index in [0.29, 0.717) is 12.1 Å². The number of hydrogen-bond acceptors (Lipinski definition) is 5. The third kappa shape index (κ3) is 3.26. The average Bonchev–Trinajstić information content (AvgIpc) is 2.13. The van der Waals surface area contributed by atoms with Gasteiger partial charge < -0.3 is 0 Å². The molecule has 0 spiro atoms. The second-order valence-corrected chi connectivity index (χ2v) is 7.19. The second kappa shape index (κ2) is 4.65. The summed E-state index contributed by atoms with van der Waals surface area (Å²) in [6.45, 7) is 0.940. The fourth-order valence-electron chi connectivity index (χ4n) is 1.16. The van der Waals surface area contributed by atoms with E-state index in [4.69, 9.17) is 0 Å². The van der Waals surface area contributed by atoms with Gasteiger partial charge in [0, 0.05) is 13.2 Å². The standard InChI is InChI=1S/C9H10FNO5S2/c1-6(12)11-18(15,16)9-5-7(17(2,13)14)3-4-8(9)10/h3-5H,1-2H3,(H,11,12). The minimum Gasteiger partial charge on any atom is -0.274 e. The van der Waals surface area contributed by atoms with Crippen molar-refractivity contribution in [2.45, 2.75) is 16.7 Å². The Morgan fingerprint density at radius 1 is 1.22 bits per heavy atom. The molecule has 9 heteroatoms. The molecule has 0 aliphatic heterocycles. The van der Waals surface area contributed by atoms with Crippen molar-refractivity contribution in [2.75, 3.05) is 6.26 Å². The number of sulfone groups is 1. The van der Waals surface area contributed by atoms with Gasteiger partial charge in [-0.1, -0.05) is 0 Å². The minimum absolute atomic E-state index is 0.354. The van der Waals surface area contributed by atoms with Gasteiger partial charge in [0.2, 0.25) is 5.91 Å². The number of nitrogens with one attached hydrogen (secondary N) is 1. The molecule has 0 aliphatic carbocycles. The first-order valence-electron chi connectivity index (χ1n) is 4.57. The highest BCUT2D eigenvalue weighted by Gasteiger charge is 2.22. The summed E-state index contributed by atoms with van der Waals surface area (Å²) in [4.78, 5) is 9.45. The van der Waals surface area contributed by atoms with E-state index in [-0.39, 0.29) is 4.90 Å². The molecular formula is C9H10FNO5S2. The largest absolute Gasteiger partial charge is 0.274 e. The molecule has 0 aliphatic rings. The maximum absolute atomic E-state index is 13.4. The Kier molecular flexibility index (Phi) is 3.77. The lowest BCUT2D eigenvalue weighted by molar-refractivity contribution is -0.117. The van der Waals surface area contributed by atoms with Gasteiger partial charge in [0.25, 0.3) is 10.0 Å². The summed E-state index contributed by atoms with van der Waals surface area (Å²) < 4.78 is 60.6. The lowest BCUT2D eigenvalue weighted by Crippen LogP contribution is -2.29. The number of halogens is 1. The molecule has 100 valence electrons. The Morgan fingerprint density at radius 2 is 1.78 bits per heavy atom. The summed E-state index contributed by atoms with van der Waals surface area (Å²) in [6, 6.07) is 2.32. The number of rotatable bonds is 3. The van der Waals surface area contributed by atoms with E-state index >= 15 is 0 Å². The molecule has 1 aromatic carbocycles. The molecule has 6 nitrogen and oxygen atoms in total. The predicted molar refractivity (Wildman–Crippen MR) is 60.5 cm³/mol. The van der Waals surface area contributed by atoms with Crippen LogP contribution < -0.4 is 4.72 Å². The van der Waals surface area contributed by atoms with Gasteiger partial charge in [0.15, 0.2) is 9.84 Å². The van der Waals surface area contributed by atoms with E-state index in [1.165, 1.54) is 0 Å². The molecule has 0 saturated carbocycles. The van der Waals surface area contributed by atoms with Crippen LogP contribution in [-0.2, 0) is 24.7 Å². The van der Waals surface area contributed by atoms with Crippen LogP contribution in [0.15, 0.2) is 28.0 Å². The first-order chi connectivity index (χ1) is 8.04. The van der Waals surface area contributed by atoms with Gasteiger partial charge in [-0.15, -0.1) is 0 Å². The van der Waals surface area contributed by atoms with Crippen LogP contribution in [0.2, 0.25) is 0 Å². The van der Waals surface area contributed by atoms with E-state index < -0.39 is 36.5 Å². The molecule has 0 heterocycles. The quantitative estimate of drug-likeness (QED) is 0.795. The topological polar surface area (TPSA) is 97.4 Å². The lowest BCUT2D eigenvalue weighted by Gasteiger charge is -2.07. The summed E-state index contributed by atoms with van der Waals surface area (Å²) in [5.41, 5.74) is 0. The molecule has 1 aromatic rings. The highest BCUT2D eigenvalue weighted by Crippen LogP contribution is 2.19. The van der Waals surface area contributed by atoms with E-state index in [2.05, 4.69) is 0 Å². The van der Waals surface area contributed by atoms with Crippen molar-refractivity contribution in [1.82, 2.24) is 4.72 Å². The van der Waals surface area contributed by atoms with E-state index in [0.717, 1.165) is 19.2 Å². The maximum Gasteiger partial charge on any atom is 0.267 e. The maximum atomic E-state index is 13.4. The Morgan fingerprint density at radius 3 is 2.22 bits per heavy atom. The number of benzene rings is 1. The molecule has 0 bridgehead atoms. The van der Waals surface area contributed by atoms with Crippen molar-refractivity contribution in [3.63, 3.8) is 0 Å². The van der Waals surface area contributed by atoms with E-state index in [1.54, 1.807) is 4.72 Å². The van der Waals surface area contributed by atoms with E-state index in [9.17, 15) is 26.0 Å². The highest BCUT2D eigenvalue weighted by atomic mass is 32.2. The van der Waals surface area contributed by atoms with Crippen molar-refractivity contribution >= 4 is 25.8 Å². The average molecular weight is 295 g/mol. The molecule has 0 aromatic heterocycles. The van der Waals surface area contributed by atoms with Gasteiger partial charge in [0.05, 0.1) is 4.90 Å². The molecule has 0 radical (unpaired) electrons. The molecule has 0 atom stereocenters. The molecule has 1 rings (SSSR count). The van der Waals surface area contributed by atoms with Gasteiger partial charge in [0.1, 0.15) is 10.7 Å². The van der Waals surface area contributed by atoms with Gasteiger partial charge in [-0.3, -0.25) is 4.79 Å². The van der Waals surface area contributed by atoms with Crippen LogP contribution >= 0.6 is 0 Å². The molecule has 0 fully saturated rings. The normalized spacial score (nSPS) is 12.2. The van der Waals surface area contributed by atoms with Crippen molar-refractivity contribution in [2.24, 2.45) is 0 Å².